The van der Waals surface area contributed by atoms with E-state index in [0.717, 1.165) is 6.07 Å². The Balaban J connectivity index is 2.12. The van der Waals surface area contributed by atoms with Crippen LogP contribution in [0.4, 0.5) is 0 Å². The Hall–Kier alpha value is -2.47. The number of hydrogen-bond donors (Lipinski definition) is 4. The standard InChI is InChI=1S/C15H17NO10/c1-24-11-3-2-7(4-9(11)17)8(5-16(22)23)14(20)13(19)26-12-10(18)6-25-15(12,14)21/h2-4,8,10,12,17-18,20-21H,5-6H2,1H3/t8?,10-,12+,14+,15-/m0/s1. The molecule has 2 saturated heterocycles. The fraction of sp³-hybridized carbons (Fsp3) is 0.533. The number of aliphatic hydroxyl groups is 3. The quantitative estimate of drug-likeness (QED) is 0.271. The van der Waals surface area contributed by atoms with Gasteiger partial charge in [-0.05, 0) is 17.7 Å². The van der Waals surface area contributed by atoms with Crippen molar-refractivity contribution in [1.29, 1.82) is 0 Å². The van der Waals surface area contributed by atoms with Crippen molar-refractivity contribution >= 4 is 5.97 Å². The number of hydrogen-bond acceptors (Lipinski definition) is 10. The van der Waals surface area contributed by atoms with E-state index in [9.17, 15) is 35.3 Å². The number of nitro groups is 1. The van der Waals surface area contributed by atoms with Gasteiger partial charge in [0.05, 0.1) is 19.6 Å². The topological polar surface area (TPSA) is 169 Å². The number of carbonyl (C=O) groups is 1. The van der Waals surface area contributed by atoms with E-state index in [-0.39, 0.29) is 17.1 Å². The van der Waals surface area contributed by atoms with Gasteiger partial charge in [-0.3, -0.25) is 10.1 Å². The van der Waals surface area contributed by atoms with Gasteiger partial charge in [0.1, 0.15) is 6.10 Å². The largest absolute Gasteiger partial charge is 0.504 e. The van der Waals surface area contributed by atoms with Crippen LogP contribution in [0.25, 0.3) is 0 Å². The van der Waals surface area contributed by atoms with Crippen molar-refractivity contribution in [1.82, 2.24) is 0 Å². The highest BCUT2D eigenvalue weighted by Gasteiger charge is 2.76. The lowest BCUT2D eigenvalue weighted by atomic mass is 9.76. The lowest BCUT2D eigenvalue weighted by Gasteiger charge is -2.36. The van der Waals surface area contributed by atoms with Gasteiger partial charge in [-0.15, -0.1) is 0 Å². The second kappa shape index (κ2) is 6.06. The van der Waals surface area contributed by atoms with Crippen LogP contribution in [0.3, 0.4) is 0 Å². The molecule has 0 aromatic heterocycles. The molecule has 0 amide bonds. The van der Waals surface area contributed by atoms with Crippen LogP contribution >= 0.6 is 0 Å². The summed E-state index contributed by atoms with van der Waals surface area (Å²) < 4.78 is 14.8. The van der Waals surface area contributed by atoms with Crippen LogP contribution in [0.5, 0.6) is 11.5 Å². The van der Waals surface area contributed by atoms with Crippen LogP contribution in [0, 0.1) is 10.1 Å². The molecule has 0 spiro atoms. The third-order valence-electron chi connectivity index (χ3n) is 4.74. The molecule has 1 aromatic rings. The monoisotopic (exact) mass is 371 g/mol. The van der Waals surface area contributed by atoms with Gasteiger partial charge in [0, 0.05) is 4.92 Å². The maximum atomic E-state index is 12.3. The van der Waals surface area contributed by atoms with Crippen LogP contribution in [-0.4, -0.2) is 75.2 Å². The van der Waals surface area contributed by atoms with Crippen LogP contribution in [0.2, 0.25) is 0 Å². The Kier molecular flexibility index (Phi) is 4.27. The molecule has 11 heteroatoms. The minimum atomic E-state index is -2.87. The van der Waals surface area contributed by atoms with Gasteiger partial charge in [-0.2, -0.15) is 0 Å². The fourth-order valence-electron chi connectivity index (χ4n) is 3.42. The van der Waals surface area contributed by atoms with Gasteiger partial charge in [-0.1, -0.05) is 6.07 Å². The third-order valence-corrected chi connectivity index (χ3v) is 4.74. The van der Waals surface area contributed by atoms with Crippen molar-refractivity contribution in [3.63, 3.8) is 0 Å². The summed E-state index contributed by atoms with van der Waals surface area (Å²) in [6, 6.07) is 3.65. The van der Waals surface area contributed by atoms with E-state index in [2.05, 4.69) is 0 Å². The van der Waals surface area contributed by atoms with Gasteiger partial charge < -0.3 is 34.6 Å². The summed E-state index contributed by atoms with van der Waals surface area (Å²) in [5.41, 5.74) is -2.90. The second-order valence-corrected chi connectivity index (χ2v) is 6.17. The molecular formula is C15H17NO10. The van der Waals surface area contributed by atoms with Crippen molar-refractivity contribution in [3.8, 4) is 11.5 Å². The minimum Gasteiger partial charge on any atom is -0.504 e. The molecule has 3 rings (SSSR count). The Morgan fingerprint density at radius 1 is 1.46 bits per heavy atom. The molecule has 2 aliphatic heterocycles. The summed E-state index contributed by atoms with van der Waals surface area (Å²) in [6.45, 7) is -1.42. The molecule has 2 fully saturated rings. The highest BCUT2D eigenvalue weighted by Crippen LogP contribution is 2.50. The number of fused-ring (bicyclic) bond motifs is 1. The summed E-state index contributed by atoms with van der Waals surface area (Å²) in [5, 5.41) is 52.6. The van der Waals surface area contributed by atoms with Gasteiger partial charge in [0.2, 0.25) is 17.9 Å². The highest BCUT2D eigenvalue weighted by molar-refractivity contribution is 5.85. The number of methoxy groups -OCH3 is 1. The number of phenolic OH excluding ortho intramolecular Hbond substituents is 1. The Labute approximate surface area is 146 Å². The van der Waals surface area contributed by atoms with Crippen molar-refractivity contribution in [3.05, 3.63) is 33.9 Å². The summed E-state index contributed by atoms with van der Waals surface area (Å²) in [5.74, 6) is -6.00. The Morgan fingerprint density at radius 2 is 2.15 bits per heavy atom. The fourth-order valence-corrected chi connectivity index (χ4v) is 3.42. The number of benzene rings is 1. The van der Waals surface area contributed by atoms with E-state index in [0.29, 0.717) is 0 Å². The average molecular weight is 371 g/mol. The number of aliphatic hydroxyl groups excluding tert-OH is 1. The molecule has 1 aromatic carbocycles. The first kappa shape index (κ1) is 18.3. The zero-order valence-electron chi connectivity index (χ0n) is 13.6. The molecule has 2 aliphatic rings. The van der Waals surface area contributed by atoms with E-state index in [4.69, 9.17) is 14.2 Å². The van der Waals surface area contributed by atoms with Crippen LogP contribution in [-0.2, 0) is 14.3 Å². The van der Waals surface area contributed by atoms with E-state index >= 15 is 0 Å². The summed E-state index contributed by atoms with van der Waals surface area (Å²) in [7, 11) is 1.30. The molecule has 1 unspecified atom stereocenters. The number of ether oxygens (including phenoxy) is 3. The van der Waals surface area contributed by atoms with Gasteiger partial charge in [0.25, 0.3) is 0 Å². The van der Waals surface area contributed by atoms with Crippen LogP contribution < -0.4 is 4.74 Å². The number of rotatable bonds is 5. The third kappa shape index (κ3) is 2.40. The Morgan fingerprint density at radius 3 is 2.73 bits per heavy atom. The molecule has 11 nitrogen and oxygen atoms in total. The van der Waals surface area contributed by atoms with E-state index in [1.165, 1.54) is 19.2 Å². The highest BCUT2D eigenvalue weighted by atomic mass is 16.7. The zero-order valence-corrected chi connectivity index (χ0v) is 13.6. The zero-order chi connectivity index (χ0) is 19.3. The molecule has 0 saturated carbocycles. The van der Waals surface area contributed by atoms with Crippen molar-refractivity contribution in [2.24, 2.45) is 0 Å². The van der Waals surface area contributed by atoms with Crippen molar-refractivity contribution in [2.45, 2.75) is 29.5 Å². The maximum Gasteiger partial charge on any atom is 0.345 e. The smallest absolute Gasteiger partial charge is 0.345 e. The van der Waals surface area contributed by atoms with Gasteiger partial charge in [-0.25, -0.2) is 4.79 Å². The van der Waals surface area contributed by atoms with Gasteiger partial charge in [0.15, 0.2) is 17.6 Å². The molecule has 0 aliphatic carbocycles. The number of esters is 1. The lowest BCUT2D eigenvalue weighted by molar-refractivity contribution is -0.489. The summed E-state index contributed by atoms with van der Waals surface area (Å²) in [4.78, 5) is 22.7. The first-order valence-corrected chi connectivity index (χ1v) is 7.61. The molecule has 4 N–H and O–H groups in total. The van der Waals surface area contributed by atoms with Gasteiger partial charge >= 0.3 is 5.97 Å². The number of nitrogens with zero attached hydrogens (tertiary/aromatic N) is 1. The molecular weight excluding hydrogens is 354 g/mol. The van der Waals surface area contributed by atoms with E-state index in [1.807, 2.05) is 0 Å². The first-order chi connectivity index (χ1) is 12.1. The lowest BCUT2D eigenvalue weighted by Crippen LogP contribution is -2.62. The molecule has 5 atom stereocenters. The molecule has 0 bridgehead atoms. The second-order valence-electron chi connectivity index (χ2n) is 6.17. The molecule has 2 heterocycles. The average Bonchev–Trinajstić information content (AvgIpc) is 2.98. The first-order valence-electron chi connectivity index (χ1n) is 7.61. The number of carbonyl (C=O) groups excluding carboxylic acids is 1. The molecule has 26 heavy (non-hydrogen) atoms. The summed E-state index contributed by atoms with van der Waals surface area (Å²) in [6.07, 6.45) is -3.00. The number of aromatic hydroxyl groups is 1. The minimum absolute atomic E-state index is 0.0292. The normalized spacial score (nSPS) is 34.2. The molecule has 142 valence electrons. The number of phenols is 1. The van der Waals surface area contributed by atoms with Crippen molar-refractivity contribution < 1.29 is 44.4 Å². The molecule has 0 radical (unpaired) electrons. The van der Waals surface area contributed by atoms with Crippen LogP contribution in [0.1, 0.15) is 11.5 Å². The van der Waals surface area contributed by atoms with E-state index < -0.39 is 53.6 Å². The maximum absolute atomic E-state index is 12.3. The van der Waals surface area contributed by atoms with E-state index in [1.54, 1.807) is 0 Å². The SMILES string of the molecule is COc1ccc(C(C[N+](=O)[O-])[C@@]2(O)C(=O)O[C@@H]3[C@@H](O)CO[C@@]32O)cc1O. The predicted octanol–water partition coefficient (Wildman–Crippen LogP) is -1.50. The summed E-state index contributed by atoms with van der Waals surface area (Å²) >= 11 is 0. The Bertz CT molecular complexity index is 754. The van der Waals surface area contributed by atoms with Crippen molar-refractivity contribution in [2.75, 3.05) is 20.3 Å². The van der Waals surface area contributed by atoms with Crippen LogP contribution in [0.15, 0.2) is 18.2 Å². The predicted molar refractivity (Wildman–Crippen MR) is 81.0 cm³/mol.